The molecule has 1 saturated heterocycles. The largest absolute Gasteiger partial charge is 0.497 e. The van der Waals surface area contributed by atoms with E-state index in [1.165, 1.54) is 0 Å². The molecular weight excluding hydrogens is 316 g/mol. The first-order valence-corrected chi connectivity index (χ1v) is 8.46. The summed E-state index contributed by atoms with van der Waals surface area (Å²) in [6.07, 6.45) is 1.79. The molecule has 6 heteroatoms. The zero-order valence-electron chi connectivity index (χ0n) is 14.7. The highest BCUT2D eigenvalue weighted by molar-refractivity contribution is 5.92. The average molecular weight is 340 g/mol. The predicted octanol–water partition coefficient (Wildman–Crippen LogP) is 1.77. The van der Waals surface area contributed by atoms with Crippen molar-refractivity contribution in [2.75, 3.05) is 45.2 Å². The number of benzene rings is 1. The van der Waals surface area contributed by atoms with E-state index in [9.17, 15) is 4.79 Å². The summed E-state index contributed by atoms with van der Waals surface area (Å²) in [5.41, 5.74) is 2.52. The van der Waals surface area contributed by atoms with Crippen molar-refractivity contribution < 1.29 is 9.53 Å². The van der Waals surface area contributed by atoms with Crippen LogP contribution in [0, 0.1) is 0 Å². The first kappa shape index (κ1) is 17.2. The monoisotopic (exact) mass is 340 g/mol. The van der Waals surface area contributed by atoms with E-state index < -0.39 is 0 Å². The maximum absolute atomic E-state index is 12.3. The van der Waals surface area contributed by atoms with Gasteiger partial charge in [0.1, 0.15) is 11.4 Å². The Morgan fingerprint density at radius 2 is 1.84 bits per heavy atom. The van der Waals surface area contributed by atoms with Gasteiger partial charge < -0.3 is 19.9 Å². The van der Waals surface area contributed by atoms with Gasteiger partial charge in [0.2, 0.25) is 0 Å². The number of amides is 1. The summed E-state index contributed by atoms with van der Waals surface area (Å²) in [5, 5.41) is 2.89. The van der Waals surface area contributed by atoms with Crippen molar-refractivity contribution in [2.24, 2.45) is 0 Å². The molecule has 25 heavy (non-hydrogen) atoms. The van der Waals surface area contributed by atoms with Gasteiger partial charge in [0, 0.05) is 32.7 Å². The minimum absolute atomic E-state index is 0.166. The highest BCUT2D eigenvalue weighted by Crippen LogP contribution is 2.15. The summed E-state index contributed by atoms with van der Waals surface area (Å²) in [5.74, 6) is 0.636. The van der Waals surface area contributed by atoms with E-state index in [0.717, 1.165) is 43.2 Å². The fourth-order valence-corrected chi connectivity index (χ4v) is 2.79. The number of carbonyl (C=O) groups excluding carboxylic acids is 1. The first-order chi connectivity index (χ1) is 12.2. The van der Waals surface area contributed by atoms with Crippen molar-refractivity contribution in [1.82, 2.24) is 15.2 Å². The normalized spacial score (nSPS) is 15.0. The van der Waals surface area contributed by atoms with Crippen LogP contribution < -0.4 is 15.0 Å². The van der Waals surface area contributed by atoms with Crippen LogP contribution in [0.4, 0.5) is 5.69 Å². The lowest BCUT2D eigenvalue weighted by atomic mass is 10.2. The molecule has 2 aromatic rings. The quantitative estimate of drug-likeness (QED) is 0.899. The number of hydrogen-bond acceptors (Lipinski definition) is 5. The summed E-state index contributed by atoms with van der Waals surface area (Å²) in [6, 6.07) is 11.4. The number of aromatic nitrogens is 1. The number of likely N-dealkylation sites (N-methyl/N-ethyl adjacent to an activating group) is 1. The van der Waals surface area contributed by atoms with Gasteiger partial charge in [0.05, 0.1) is 19.0 Å². The number of nitrogens with zero attached hydrogens (tertiary/aromatic N) is 3. The van der Waals surface area contributed by atoms with E-state index >= 15 is 0 Å². The van der Waals surface area contributed by atoms with Crippen LogP contribution in [-0.2, 0) is 6.54 Å². The van der Waals surface area contributed by atoms with Gasteiger partial charge in [-0.1, -0.05) is 12.1 Å². The van der Waals surface area contributed by atoms with Gasteiger partial charge in [0.15, 0.2) is 0 Å². The van der Waals surface area contributed by atoms with E-state index in [1.807, 2.05) is 30.3 Å². The van der Waals surface area contributed by atoms with Crippen molar-refractivity contribution in [1.29, 1.82) is 0 Å². The third-order valence-electron chi connectivity index (χ3n) is 4.46. The lowest BCUT2D eigenvalue weighted by Crippen LogP contribution is -2.44. The summed E-state index contributed by atoms with van der Waals surface area (Å²) in [7, 11) is 3.76. The van der Waals surface area contributed by atoms with E-state index in [2.05, 4.69) is 27.1 Å². The van der Waals surface area contributed by atoms with Crippen molar-refractivity contribution in [3.8, 4) is 5.75 Å². The molecule has 0 radical (unpaired) electrons. The van der Waals surface area contributed by atoms with Crippen LogP contribution in [0.15, 0.2) is 42.6 Å². The fraction of sp³-hybridized carbons (Fsp3) is 0.368. The van der Waals surface area contributed by atoms with Crippen molar-refractivity contribution >= 4 is 11.6 Å². The molecule has 1 aromatic carbocycles. The zero-order valence-corrected chi connectivity index (χ0v) is 14.7. The molecule has 3 rings (SSSR count). The van der Waals surface area contributed by atoms with Crippen LogP contribution in [0.5, 0.6) is 5.75 Å². The topological polar surface area (TPSA) is 57.7 Å². The van der Waals surface area contributed by atoms with Gasteiger partial charge in [-0.15, -0.1) is 0 Å². The molecule has 1 aliphatic heterocycles. The van der Waals surface area contributed by atoms with Gasteiger partial charge in [0.25, 0.3) is 5.91 Å². The van der Waals surface area contributed by atoms with Crippen LogP contribution in [0.25, 0.3) is 0 Å². The SMILES string of the molecule is COc1ccc(CNC(=O)c2ccc(N3CCN(C)CC3)cn2)cc1. The Bertz CT molecular complexity index is 692. The Morgan fingerprint density at radius 1 is 1.12 bits per heavy atom. The fourth-order valence-electron chi connectivity index (χ4n) is 2.79. The van der Waals surface area contributed by atoms with Gasteiger partial charge in [-0.2, -0.15) is 0 Å². The molecule has 0 saturated carbocycles. The number of carbonyl (C=O) groups is 1. The molecular formula is C19H24N4O2. The second kappa shape index (κ2) is 7.98. The number of ether oxygens (including phenoxy) is 1. The van der Waals surface area contributed by atoms with E-state index in [-0.39, 0.29) is 5.91 Å². The van der Waals surface area contributed by atoms with Crippen LogP contribution in [0.1, 0.15) is 16.1 Å². The molecule has 132 valence electrons. The number of pyridine rings is 1. The van der Waals surface area contributed by atoms with Crippen LogP contribution in [0.2, 0.25) is 0 Å². The molecule has 0 bridgehead atoms. The Balaban J connectivity index is 1.55. The molecule has 1 aromatic heterocycles. The molecule has 6 nitrogen and oxygen atoms in total. The number of anilines is 1. The van der Waals surface area contributed by atoms with E-state index in [4.69, 9.17) is 4.74 Å². The Kier molecular flexibility index (Phi) is 5.50. The summed E-state index contributed by atoms with van der Waals surface area (Å²) >= 11 is 0. The van der Waals surface area contributed by atoms with Crippen molar-refractivity contribution in [3.63, 3.8) is 0 Å². The smallest absolute Gasteiger partial charge is 0.270 e. The van der Waals surface area contributed by atoms with Gasteiger partial charge >= 0.3 is 0 Å². The maximum Gasteiger partial charge on any atom is 0.270 e. The van der Waals surface area contributed by atoms with Crippen molar-refractivity contribution in [2.45, 2.75) is 6.54 Å². The minimum atomic E-state index is -0.166. The molecule has 1 N–H and O–H groups in total. The number of nitrogens with one attached hydrogen (secondary N) is 1. The second-order valence-corrected chi connectivity index (χ2v) is 6.22. The lowest BCUT2D eigenvalue weighted by Gasteiger charge is -2.33. The second-order valence-electron chi connectivity index (χ2n) is 6.22. The van der Waals surface area contributed by atoms with E-state index in [0.29, 0.717) is 12.2 Å². The van der Waals surface area contributed by atoms with Crippen LogP contribution >= 0.6 is 0 Å². The summed E-state index contributed by atoms with van der Waals surface area (Å²) < 4.78 is 5.13. The molecule has 0 aliphatic carbocycles. The third-order valence-corrected chi connectivity index (χ3v) is 4.46. The maximum atomic E-state index is 12.3. The molecule has 1 fully saturated rings. The van der Waals surface area contributed by atoms with Gasteiger partial charge in [-0.3, -0.25) is 4.79 Å². The standard InChI is InChI=1S/C19H24N4O2/c1-22-9-11-23(12-10-22)16-5-8-18(20-14-16)19(24)21-13-15-3-6-17(25-2)7-4-15/h3-8,14H,9-13H2,1-2H3,(H,21,24). The molecule has 1 aliphatic rings. The molecule has 0 atom stereocenters. The Morgan fingerprint density at radius 3 is 2.44 bits per heavy atom. The number of methoxy groups -OCH3 is 1. The molecule has 2 heterocycles. The number of hydrogen-bond donors (Lipinski definition) is 1. The molecule has 0 unspecified atom stereocenters. The highest BCUT2D eigenvalue weighted by atomic mass is 16.5. The number of rotatable bonds is 5. The predicted molar refractivity (Wildman–Crippen MR) is 98.1 cm³/mol. The number of piperazine rings is 1. The van der Waals surface area contributed by atoms with Crippen molar-refractivity contribution in [3.05, 3.63) is 53.9 Å². The highest BCUT2D eigenvalue weighted by Gasteiger charge is 2.15. The van der Waals surface area contributed by atoms with Gasteiger partial charge in [-0.05, 0) is 36.9 Å². The van der Waals surface area contributed by atoms with E-state index in [1.54, 1.807) is 19.4 Å². The van der Waals surface area contributed by atoms with Crippen LogP contribution in [0.3, 0.4) is 0 Å². The van der Waals surface area contributed by atoms with Crippen LogP contribution in [-0.4, -0.2) is 56.1 Å². The molecule has 0 spiro atoms. The first-order valence-electron chi connectivity index (χ1n) is 8.46. The third kappa shape index (κ3) is 4.48. The minimum Gasteiger partial charge on any atom is -0.497 e. The average Bonchev–Trinajstić information content (AvgIpc) is 2.67. The summed E-state index contributed by atoms with van der Waals surface area (Å²) in [6.45, 7) is 4.53. The lowest BCUT2D eigenvalue weighted by molar-refractivity contribution is 0.0946. The zero-order chi connectivity index (χ0) is 17.6. The van der Waals surface area contributed by atoms with Gasteiger partial charge in [-0.25, -0.2) is 4.98 Å². The Labute approximate surface area is 148 Å². The summed E-state index contributed by atoms with van der Waals surface area (Å²) in [4.78, 5) is 21.2. The molecule has 1 amide bonds. The Hall–Kier alpha value is -2.60.